The van der Waals surface area contributed by atoms with Crippen LogP contribution in [0.4, 0.5) is 5.00 Å². The fourth-order valence-electron chi connectivity index (χ4n) is 2.09. The fourth-order valence-corrected chi connectivity index (χ4v) is 2.87. The second-order valence-corrected chi connectivity index (χ2v) is 6.50. The molecule has 2 amide bonds. The van der Waals surface area contributed by atoms with Gasteiger partial charge in [0.25, 0.3) is 11.8 Å². The molecule has 0 aromatic carbocycles. The van der Waals surface area contributed by atoms with Crippen LogP contribution in [0.5, 0.6) is 0 Å². The average Bonchev–Trinajstić information content (AvgIpc) is 3.17. The Kier molecular flexibility index (Phi) is 5.75. The molecule has 2 aromatic heterocycles. The van der Waals surface area contributed by atoms with Crippen LogP contribution in [0, 0.1) is 5.92 Å². The van der Waals surface area contributed by atoms with Gasteiger partial charge >= 0.3 is 5.97 Å². The maximum atomic E-state index is 12.3. The highest BCUT2D eigenvalue weighted by molar-refractivity contribution is 7.14. The van der Waals surface area contributed by atoms with Gasteiger partial charge in [-0.15, -0.1) is 11.3 Å². The lowest BCUT2D eigenvalue weighted by molar-refractivity contribution is -0.139. The number of hydrogen-bond acceptors (Lipinski definition) is 5. The number of hydrogen-bond donors (Lipinski definition) is 3. The highest BCUT2D eigenvalue weighted by Gasteiger charge is 2.24. The van der Waals surface area contributed by atoms with E-state index in [-0.39, 0.29) is 17.2 Å². The van der Waals surface area contributed by atoms with Crippen molar-refractivity contribution in [3.63, 3.8) is 0 Å². The minimum Gasteiger partial charge on any atom is -0.480 e. The molecule has 0 aliphatic carbocycles. The summed E-state index contributed by atoms with van der Waals surface area (Å²) >= 11 is 1.17. The van der Waals surface area contributed by atoms with E-state index in [1.807, 2.05) is 13.8 Å². The lowest BCUT2D eigenvalue weighted by atomic mass is 10.0. The third-order valence-corrected chi connectivity index (χ3v) is 4.02. The van der Waals surface area contributed by atoms with Gasteiger partial charge in [-0.2, -0.15) is 0 Å². The molecule has 3 N–H and O–H groups in total. The number of nitrogens with one attached hydrogen (secondary N) is 2. The molecule has 24 heavy (non-hydrogen) atoms. The highest BCUT2D eigenvalue weighted by atomic mass is 32.1. The predicted molar refractivity (Wildman–Crippen MR) is 89.3 cm³/mol. The standard InChI is InChI=1S/C16H18N2O5S/c1-9(2)8-11(16(21)22)17-13(19)10-5-7-24-15(10)18-14(20)12-4-3-6-23-12/h3-7,9,11H,8H2,1-2H3,(H,17,19)(H,18,20)(H,21,22)/t11-/m1/s1. The summed E-state index contributed by atoms with van der Waals surface area (Å²) in [5.41, 5.74) is 0.218. The number of rotatable bonds is 7. The second kappa shape index (κ2) is 7.78. The number of carbonyl (C=O) groups excluding carboxylic acids is 2. The molecule has 7 nitrogen and oxygen atoms in total. The number of carboxylic acids is 1. The van der Waals surface area contributed by atoms with Gasteiger partial charge in [-0.25, -0.2) is 4.79 Å². The van der Waals surface area contributed by atoms with Crippen molar-refractivity contribution >= 4 is 34.1 Å². The van der Waals surface area contributed by atoms with Gasteiger partial charge in [0.15, 0.2) is 5.76 Å². The fraction of sp³-hybridized carbons (Fsp3) is 0.312. The summed E-state index contributed by atoms with van der Waals surface area (Å²) in [6.45, 7) is 3.75. The summed E-state index contributed by atoms with van der Waals surface area (Å²) in [5, 5.41) is 16.3. The molecule has 0 spiro atoms. The predicted octanol–water partition coefficient (Wildman–Crippen LogP) is 2.82. The van der Waals surface area contributed by atoms with E-state index in [0.717, 1.165) is 0 Å². The maximum Gasteiger partial charge on any atom is 0.326 e. The molecule has 0 unspecified atom stereocenters. The first-order valence-corrected chi connectivity index (χ1v) is 8.22. The van der Waals surface area contributed by atoms with Crippen LogP contribution in [0.1, 0.15) is 41.2 Å². The normalized spacial score (nSPS) is 12.0. The molecule has 2 aromatic rings. The summed E-state index contributed by atoms with van der Waals surface area (Å²) in [6.07, 6.45) is 1.69. The van der Waals surface area contributed by atoms with E-state index in [9.17, 15) is 19.5 Å². The third kappa shape index (κ3) is 4.45. The number of aliphatic carboxylic acids is 1. The van der Waals surface area contributed by atoms with E-state index in [1.54, 1.807) is 11.4 Å². The van der Waals surface area contributed by atoms with Crippen molar-refractivity contribution in [2.24, 2.45) is 5.92 Å². The Labute approximate surface area is 142 Å². The van der Waals surface area contributed by atoms with Crippen LogP contribution < -0.4 is 10.6 Å². The largest absolute Gasteiger partial charge is 0.480 e. The Hall–Kier alpha value is -2.61. The smallest absolute Gasteiger partial charge is 0.326 e. The molecule has 8 heteroatoms. The van der Waals surface area contributed by atoms with Crippen LogP contribution in [-0.2, 0) is 4.79 Å². The van der Waals surface area contributed by atoms with E-state index < -0.39 is 23.8 Å². The molecule has 1 atom stereocenters. The van der Waals surface area contributed by atoms with E-state index >= 15 is 0 Å². The molecule has 0 radical (unpaired) electrons. The van der Waals surface area contributed by atoms with E-state index in [4.69, 9.17) is 4.42 Å². The van der Waals surface area contributed by atoms with Crippen molar-refractivity contribution in [3.8, 4) is 0 Å². The Morgan fingerprint density at radius 3 is 2.58 bits per heavy atom. The molecule has 2 rings (SSSR count). The van der Waals surface area contributed by atoms with E-state index in [1.165, 1.54) is 29.7 Å². The van der Waals surface area contributed by atoms with Crippen molar-refractivity contribution in [3.05, 3.63) is 41.2 Å². The van der Waals surface area contributed by atoms with Gasteiger partial charge in [-0.3, -0.25) is 9.59 Å². The molecule has 0 bridgehead atoms. The Bertz CT molecular complexity index is 721. The van der Waals surface area contributed by atoms with Crippen molar-refractivity contribution in [1.82, 2.24) is 5.32 Å². The van der Waals surface area contributed by atoms with Gasteiger partial charge in [0, 0.05) is 0 Å². The molecule has 0 saturated heterocycles. The average molecular weight is 350 g/mol. The van der Waals surface area contributed by atoms with Crippen LogP contribution in [0.3, 0.4) is 0 Å². The molecule has 0 saturated carbocycles. The first kappa shape index (κ1) is 17.7. The first-order chi connectivity index (χ1) is 11.4. The van der Waals surface area contributed by atoms with Gasteiger partial charge in [-0.1, -0.05) is 13.8 Å². The van der Waals surface area contributed by atoms with Crippen LogP contribution in [0.25, 0.3) is 0 Å². The van der Waals surface area contributed by atoms with E-state index in [0.29, 0.717) is 11.4 Å². The lowest BCUT2D eigenvalue weighted by Gasteiger charge is -2.16. The molecule has 128 valence electrons. The van der Waals surface area contributed by atoms with Crippen LogP contribution in [0.2, 0.25) is 0 Å². The molecular weight excluding hydrogens is 332 g/mol. The number of thiophene rings is 1. The summed E-state index contributed by atoms with van der Waals surface area (Å²) in [5.74, 6) is -1.87. The van der Waals surface area contributed by atoms with E-state index in [2.05, 4.69) is 10.6 Å². The van der Waals surface area contributed by atoms with Crippen LogP contribution >= 0.6 is 11.3 Å². The topological polar surface area (TPSA) is 109 Å². The molecular formula is C16H18N2O5S. The quantitative estimate of drug-likeness (QED) is 0.711. The first-order valence-electron chi connectivity index (χ1n) is 7.34. The van der Waals surface area contributed by atoms with Crippen molar-refractivity contribution in [2.75, 3.05) is 5.32 Å². The summed E-state index contributed by atoms with van der Waals surface area (Å²) in [7, 11) is 0. The number of carbonyl (C=O) groups is 3. The zero-order chi connectivity index (χ0) is 17.7. The monoisotopic (exact) mass is 350 g/mol. The zero-order valence-corrected chi connectivity index (χ0v) is 14.1. The minimum absolute atomic E-state index is 0.118. The van der Waals surface area contributed by atoms with Gasteiger partial charge < -0.3 is 20.2 Å². The summed E-state index contributed by atoms with van der Waals surface area (Å²) < 4.78 is 5.00. The lowest BCUT2D eigenvalue weighted by Crippen LogP contribution is -2.41. The number of furan rings is 1. The maximum absolute atomic E-state index is 12.3. The zero-order valence-electron chi connectivity index (χ0n) is 13.2. The Balaban J connectivity index is 2.09. The molecule has 0 aliphatic heterocycles. The molecule has 2 heterocycles. The van der Waals surface area contributed by atoms with Crippen molar-refractivity contribution < 1.29 is 23.9 Å². The molecule has 0 fully saturated rings. The second-order valence-electron chi connectivity index (χ2n) is 5.59. The van der Waals surface area contributed by atoms with Crippen LogP contribution in [0.15, 0.2) is 34.3 Å². The number of amides is 2. The minimum atomic E-state index is -1.09. The van der Waals surface area contributed by atoms with Gasteiger partial charge in [0.2, 0.25) is 0 Å². The molecule has 0 aliphatic rings. The number of carboxylic acid groups (broad SMARTS) is 1. The van der Waals surface area contributed by atoms with Gasteiger partial charge in [-0.05, 0) is 35.9 Å². The van der Waals surface area contributed by atoms with Crippen molar-refractivity contribution in [2.45, 2.75) is 26.3 Å². The van der Waals surface area contributed by atoms with Gasteiger partial charge in [0.1, 0.15) is 11.0 Å². The van der Waals surface area contributed by atoms with Crippen molar-refractivity contribution in [1.29, 1.82) is 0 Å². The SMILES string of the molecule is CC(C)C[C@@H](NC(=O)c1ccsc1NC(=O)c1ccco1)C(=O)O. The Morgan fingerprint density at radius 2 is 2.00 bits per heavy atom. The Morgan fingerprint density at radius 1 is 1.25 bits per heavy atom. The van der Waals surface area contributed by atoms with Crippen LogP contribution in [-0.4, -0.2) is 28.9 Å². The highest BCUT2D eigenvalue weighted by Crippen LogP contribution is 2.24. The summed E-state index contributed by atoms with van der Waals surface area (Å²) in [4.78, 5) is 35.6. The van der Waals surface area contributed by atoms with Gasteiger partial charge in [0.05, 0.1) is 11.8 Å². The third-order valence-electron chi connectivity index (χ3n) is 3.19. The summed E-state index contributed by atoms with van der Waals surface area (Å²) in [6, 6.07) is 3.64. The number of anilines is 1.